The highest BCUT2D eigenvalue weighted by Gasteiger charge is 2.44. The van der Waals surface area contributed by atoms with Gasteiger partial charge in [0.2, 0.25) is 0 Å². The first kappa shape index (κ1) is 14.0. The van der Waals surface area contributed by atoms with E-state index in [0.29, 0.717) is 12.0 Å². The molecule has 0 saturated heterocycles. The maximum Gasteiger partial charge on any atom is 0.0914 e. The zero-order valence-corrected chi connectivity index (χ0v) is 12.7. The molecular formula is C15H22BrNO. The number of benzene rings is 1. The van der Waals surface area contributed by atoms with Crippen molar-refractivity contribution < 1.29 is 5.11 Å². The van der Waals surface area contributed by atoms with Crippen molar-refractivity contribution in [2.45, 2.75) is 32.8 Å². The average molecular weight is 312 g/mol. The van der Waals surface area contributed by atoms with Crippen molar-refractivity contribution in [2.75, 3.05) is 13.1 Å². The van der Waals surface area contributed by atoms with Crippen LogP contribution in [0.3, 0.4) is 0 Å². The summed E-state index contributed by atoms with van der Waals surface area (Å²) in [4.78, 5) is 0. The van der Waals surface area contributed by atoms with E-state index in [9.17, 15) is 5.11 Å². The predicted molar refractivity (Wildman–Crippen MR) is 78.5 cm³/mol. The minimum atomic E-state index is -0.425. The first-order chi connectivity index (χ1) is 8.53. The van der Waals surface area contributed by atoms with Gasteiger partial charge in [-0.2, -0.15) is 0 Å². The highest BCUT2D eigenvalue weighted by atomic mass is 79.9. The second-order valence-electron chi connectivity index (χ2n) is 5.72. The number of rotatable bonds is 6. The molecule has 0 heterocycles. The van der Waals surface area contributed by atoms with Crippen LogP contribution in [0.5, 0.6) is 0 Å². The first-order valence-corrected chi connectivity index (χ1v) is 7.47. The Morgan fingerprint density at radius 2 is 2.11 bits per heavy atom. The van der Waals surface area contributed by atoms with E-state index in [2.05, 4.69) is 35.1 Å². The van der Waals surface area contributed by atoms with Gasteiger partial charge in [0.15, 0.2) is 0 Å². The summed E-state index contributed by atoms with van der Waals surface area (Å²) < 4.78 is 1.01. The summed E-state index contributed by atoms with van der Waals surface area (Å²) in [7, 11) is 0. The molecule has 2 rings (SSSR count). The van der Waals surface area contributed by atoms with E-state index >= 15 is 0 Å². The molecule has 0 bridgehead atoms. The third kappa shape index (κ3) is 3.34. The van der Waals surface area contributed by atoms with Gasteiger partial charge in [-0.3, -0.25) is 0 Å². The summed E-state index contributed by atoms with van der Waals surface area (Å²) >= 11 is 3.43. The number of hydrogen-bond acceptors (Lipinski definition) is 2. The molecule has 2 nitrogen and oxygen atoms in total. The minimum absolute atomic E-state index is 0.425. The van der Waals surface area contributed by atoms with Gasteiger partial charge < -0.3 is 10.4 Å². The van der Waals surface area contributed by atoms with Crippen LogP contribution in [0.4, 0.5) is 0 Å². The molecule has 100 valence electrons. The van der Waals surface area contributed by atoms with Crippen LogP contribution < -0.4 is 5.32 Å². The second-order valence-corrected chi connectivity index (χ2v) is 6.63. The fraction of sp³-hybridized carbons (Fsp3) is 0.600. The van der Waals surface area contributed by atoms with Crippen LogP contribution in [0.2, 0.25) is 0 Å². The summed E-state index contributed by atoms with van der Waals surface area (Å²) in [5, 5.41) is 13.5. The van der Waals surface area contributed by atoms with Gasteiger partial charge in [0.1, 0.15) is 0 Å². The molecule has 0 radical (unpaired) electrons. The zero-order chi connectivity index (χ0) is 13.2. The molecule has 1 unspecified atom stereocenters. The number of halogens is 1. The molecule has 1 aromatic rings. The Kier molecular flexibility index (Phi) is 4.46. The lowest BCUT2D eigenvalue weighted by atomic mass is 9.92. The Balaban J connectivity index is 1.80. The van der Waals surface area contributed by atoms with Gasteiger partial charge in [0, 0.05) is 17.6 Å². The van der Waals surface area contributed by atoms with Crippen molar-refractivity contribution >= 4 is 15.9 Å². The predicted octanol–water partition coefficient (Wildman–Crippen LogP) is 3.51. The molecule has 0 aromatic heterocycles. The fourth-order valence-corrected chi connectivity index (χ4v) is 2.83. The molecule has 0 aliphatic heterocycles. The molecule has 3 heteroatoms. The summed E-state index contributed by atoms with van der Waals surface area (Å²) in [5.74, 6) is 0.730. The van der Waals surface area contributed by atoms with Crippen molar-refractivity contribution in [3.8, 4) is 0 Å². The SMILES string of the molecule is CC(C)C1(CNCC(O)c2cccc(Br)c2)CC1. The van der Waals surface area contributed by atoms with Gasteiger partial charge >= 0.3 is 0 Å². The van der Waals surface area contributed by atoms with Crippen LogP contribution in [-0.2, 0) is 0 Å². The third-order valence-electron chi connectivity index (χ3n) is 4.17. The van der Waals surface area contributed by atoms with Gasteiger partial charge in [-0.1, -0.05) is 41.9 Å². The lowest BCUT2D eigenvalue weighted by molar-refractivity contribution is 0.169. The number of nitrogens with one attached hydrogen (secondary N) is 1. The lowest BCUT2D eigenvalue weighted by Crippen LogP contribution is -2.30. The van der Waals surface area contributed by atoms with Gasteiger partial charge in [0.05, 0.1) is 6.10 Å². The molecule has 1 aliphatic rings. The Hall–Kier alpha value is -0.380. The van der Waals surface area contributed by atoms with Gasteiger partial charge in [0.25, 0.3) is 0 Å². The Morgan fingerprint density at radius 1 is 1.39 bits per heavy atom. The molecule has 1 fully saturated rings. The smallest absolute Gasteiger partial charge is 0.0914 e. The van der Waals surface area contributed by atoms with Crippen LogP contribution in [0.15, 0.2) is 28.7 Å². The summed E-state index contributed by atoms with van der Waals surface area (Å²) in [6.07, 6.45) is 2.22. The Bertz CT molecular complexity index is 401. The standard InChI is InChI=1S/C15H22BrNO/c1-11(2)15(6-7-15)10-17-9-14(18)12-4-3-5-13(16)8-12/h3-5,8,11,14,17-18H,6-7,9-10H2,1-2H3. The molecule has 0 spiro atoms. The Labute approximate surface area is 118 Å². The Morgan fingerprint density at radius 3 is 2.67 bits per heavy atom. The highest BCUT2D eigenvalue weighted by Crippen LogP contribution is 2.51. The molecule has 1 atom stereocenters. The molecule has 1 saturated carbocycles. The normalized spacial score (nSPS) is 18.9. The topological polar surface area (TPSA) is 32.3 Å². The molecule has 0 amide bonds. The van der Waals surface area contributed by atoms with Gasteiger partial charge in [-0.25, -0.2) is 0 Å². The summed E-state index contributed by atoms with van der Waals surface area (Å²) in [6, 6.07) is 7.87. The lowest BCUT2D eigenvalue weighted by Gasteiger charge is -2.21. The van der Waals surface area contributed by atoms with Gasteiger partial charge in [-0.05, 0) is 41.9 Å². The molecule has 18 heavy (non-hydrogen) atoms. The van der Waals surface area contributed by atoms with Crippen molar-refractivity contribution in [1.29, 1.82) is 0 Å². The maximum atomic E-state index is 10.1. The summed E-state index contributed by atoms with van der Waals surface area (Å²) in [6.45, 7) is 6.24. The molecule has 2 N–H and O–H groups in total. The van der Waals surface area contributed by atoms with E-state index in [1.54, 1.807) is 0 Å². The van der Waals surface area contributed by atoms with E-state index in [1.165, 1.54) is 12.8 Å². The highest BCUT2D eigenvalue weighted by molar-refractivity contribution is 9.10. The number of hydrogen-bond donors (Lipinski definition) is 2. The monoisotopic (exact) mass is 311 g/mol. The quantitative estimate of drug-likeness (QED) is 0.842. The van der Waals surface area contributed by atoms with Crippen LogP contribution in [-0.4, -0.2) is 18.2 Å². The van der Waals surface area contributed by atoms with Crippen molar-refractivity contribution in [2.24, 2.45) is 11.3 Å². The van der Waals surface area contributed by atoms with Crippen LogP contribution in [0.25, 0.3) is 0 Å². The summed E-state index contributed by atoms with van der Waals surface area (Å²) in [5.41, 5.74) is 1.46. The van der Waals surface area contributed by atoms with E-state index in [1.807, 2.05) is 24.3 Å². The second kappa shape index (κ2) is 5.72. The van der Waals surface area contributed by atoms with Crippen molar-refractivity contribution in [3.05, 3.63) is 34.3 Å². The van der Waals surface area contributed by atoms with E-state index in [0.717, 1.165) is 22.5 Å². The molecule has 1 aliphatic carbocycles. The van der Waals surface area contributed by atoms with Crippen molar-refractivity contribution in [1.82, 2.24) is 5.32 Å². The van der Waals surface area contributed by atoms with E-state index < -0.39 is 6.10 Å². The maximum absolute atomic E-state index is 10.1. The number of aliphatic hydroxyl groups excluding tert-OH is 1. The van der Waals surface area contributed by atoms with Crippen LogP contribution >= 0.6 is 15.9 Å². The number of aliphatic hydroxyl groups is 1. The fourth-order valence-electron chi connectivity index (χ4n) is 2.41. The van der Waals surface area contributed by atoms with E-state index in [4.69, 9.17) is 0 Å². The van der Waals surface area contributed by atoms with Crippen LogP contribution in [0, 0.1) is 11.3 Å². The zero-order valence-electron chi connectivity index (χ0n) is 11.1. The third-order valence-corrected chi connectivity index (χ3v) is 4.66. The largest absolute Gasteiger partial charge is 0.387 e. The average Bonchev–Trinajstić information content (AvgIpc) is 3.10. The van der Waals surface area contributed by atoms with Gasteiger partial charge in [-0.15, -0.1) is 0 Å². The first-order valence-electron chi connectivity index (χ1n) is 6.68. The molecule has 1 aromatic carbocycles. The van der Waals surface area contributed by atoms with E-state index in [-0.39, 0.29) is 0 Å². The minimum Gasteiger partial charge on any atom is -0.387 e. The van der Waals surface area contributed by atoms with Crippen LogP contribution in [0.1, 0.15) is 38.4 Å². The van der Waals surface area contributed by atoms with Crippen molar-refractivity contribution in [3.63, 3.8) is 0 Å². The molecular weight excluding hydrogens is 290 g/mol.